The number of nitrogens with zero attached hydrogens (tertiary/aromatic N) is 1. The van der Waals surface area contributed by atoms with Crippen LogP contribution in [0.2, 0.25) is 0 Å². The molecule has 0 aromatic heterocycles. The summed E-state index contributed by atoms with van der Waals surface area (Å²) in [4.78, 5) is 4.24. The molecule has 2 N–H and O–H groups in total. The van der Waals surface area contributed by atoms with E-state index in [0.29, 0.717) is 12.6 Å². The molecule has 1 aromatic carbocycles. The second-order valence-electron chi connectivity index (χ2n) is 5.20. The Labute approximate surface area is 126 Å². The first-order chi connectivity index (χ1) is 9.67. The zero-order valence-electron chi connectivity index (χ0n) is 11.6. The normalized spacial score (nSPS) is 23.6. The molecule has 2 atom stereocenters. The molecule has 1 aliphatic carbocycles. The Morgan fingerprint density at radius 3 is 2.95 bits per heavy atom. The predicted octanol–water partition coefficient (Wildman–Crippen LogP) is 2.25. The van der Waals surface area contributed by atoms with Gasteiger partial charge in [-0.15, -0.1) is 0 Å². The van der Waals surface area contributed by atoms with Crippen molar-refractivity contribution in [2.24, 2.45) is 10.9 Å². The summed E-state index contributed by atoms with van der Waals surface area (Å²) in [5.74, 6) is 3.15. The van der Waals surface area contributed by atoms with Crippen molar-refractivity contribution >= 4 is 21.9 Å². The number of guanidine groups is 1. The molecule has 1 fully saturated rings. The summed E-state index contributed by atoms with van der Waals surface area (Å²) in [5.41, 5.74) is 1.12. The summed E-state index contributed by atoms with van der Waals surface area (Å²) in [6, 6.07) is 4.59. The van der Waals surface area contributed by atoms with Gasteiger partial charge in [-0.05, 0) is 46.0 Å². The van der Waals surface area contributed by atoms with E-state index in [1.807, 2.05) is 12.1 Å². The second-order valence-corrected chi connectivity index (χ2v) is 6.06. The maximum atomic E-state index is 5.42. The highest BCUT2D eigenvalue weighted by molar-refractivity contribution is 9.10. The fraction of sp³-hybridized carbons (Fsp3) is 0.500. The molecule has 0 saturated heterocycles. The van der Waals surface area contributed by atoms with E-state index in [1.165, 1.54) is 6.42 Å². The molecular weight excluding hydrogens is 322 g/mol. The van der Waals surface area contributed by atoms with Crippen molar-refractivity contribution in [2.75, 3.05) is 13.8 Å². The average molecular weight is 340 g/mol. The number of aliphatic imine (C=N–C) groups is 1. The van der Waals surface area contributed by atoms with Crippen molar-refractivity contribution in [3.05, 3.63) is 22.2 Å². The summed E-state index contributed by atoms with van der Waals surface area (Å²) in [5, 5.41) is 6.72. The minimum Gasteiger partial charge on any atom is -0.454 e. The fourth-order valence-corrected chi connectivity index (χ4v) is 2.81. The van der Waals surface area contributed by atoms with E-state index in [9.17, 15) is 0 Å². The minimum absolute atomic E-state index is 0.285. The van der Waals surface area contributed by atoms with Crippen molar-refractivity contribution in [1.29, 1.82) is 0 Å². The van der Waals surface area contributed by atoms with Gasteiger partial charge in [0.15, 0.2) is 17.5 Å². The van der Waals surface area contributed by atoms with E-state index in [0.717, 1.165) is 33.4 Å². The first kappa shape index (κ1) is 13.5. The maximum absolute atomic E-state index is 5.42. The molecule has 1 heterocycles. The summed E-state index contributed by atoms with van der Waals surface area (Å²) < 4.78 is 11.7. The molecule has 5 nitrogen and oxygen atoms in total. The van der Waals surface area contributed by atoms with Gasteiger partial charge in [-0.1, -0.05) is 6.92 Å². The highest BCUT2D eigenvalue weighted by Gasteiger charge is 2.33. The van der Waals surface area contributed by atoms with Gasteiger partial charge in [0.05, 0.1) is 4.47 Å². The van der Waals surface area contributed by atoms with Crippen molar-refractivity contribution in [1.82, 2.24) is 10.6 Å². The number of ether oxygens (including phenoxy) is 2. The molecule has 2 aliphatic rings. The van der Waals surface area contributed by atoms with Crippen LogP contribution in [0.15, 0.2) is 21.6 Å². The van der Waals surface area contributed by atoms with Crippen molar-refractivity contribution in [2.45, 2.75) is 25.9 Å². The Kier molecular flexibility index (Phi) is 3.74. The minimum atomic E-state index is 0.285. The molecule has 0 spiro atoms. The highest BCUT2D eigenvalue weighted by Crippen LogP contribution is 2.39. The number of halogens is 1. The van der Waals surface area contributed by atoms with Crippen LogP contribution in [0.5, 0.6) is 11.5 Å². The smallest absolute Gasteiger partial charge is 0.231 e. The molecule has 1 aromatic rings. The highest BCUT2D eigenvalue weighted by atomic mass is 79.9. The first-order valence-corrected chi connectivity index (χ1v) is 7.52. The lowest BCUT2D eigenvalue weighted by atomic mass is 10.2. The van der Waals surface area contributed by atoms with Crippen LogP contribution in [0.25, 0.3) is 0 Å². The van der Waals surface area contributed by atoms with Crippen LogP contribution in [0, 0.1) is 5.92 Å². The summed E-state index contributed by atoms with van der Waals surface area (Å²) in [6.45, 7) is 3.21. The number of benzene rings is 1. The second kappa shape index (κ2) is 5.52. The summed E-state index contributed by atoms with van der Waals surface area (Å²) >= 11 is 3.50. The molecule has 3 rings (SSSR count). The van der Waals surface area contributed by atoms with Gasteiger partial charge >= 0.3 is 0 Å². The summed E-state index contributed by atoms with van der Waals surface area (Å²) in [7, 11) is 1.79. The van der Waals surface area contributed by atoms with E-state index in [4.69, 9.17) is 9.47 Å². The van der Waals surface area contributed by atoms with E-state index < -0.39 is 0 Å². The van der Waals surface area contributed by atoms with Crippen molar-refractivity contribution < 1.29 is 9.47 Å². The summed E-state index contributed by atoms with van der Waals surface area (Å²) in [6.07, 6.45) is 1.22. The van der Waals surface area contributed by atoms with E-state index >= 15 is 0 Å². The van der Waals surface area contributed by atoms with Crippen LogP contribution < -0.4 is 20.1 Å². The molecule has 1 aliphatic heterocycles. The van der Waals surface area contributed by atoms with Crippen LogP contribution in [-0.4, -0.2) is 25.8 Å². The Morgan fingerprint density at radius 2 is 2.25 bits per heavy atom. The largest absolute Gasteiger partial charge is 0.454 e. The van der Waals surface area contributed by atoms with Gasteiger partial charge < -0.3 is 20.1 Å². The number of hydrogen-bond donors (Lipinski definition) is 2. The lowest BCUT2D eigenvalue weighted by Gasteiger charge is -2.12. The quantitative estimate of drug-likeness (QED) is 0.655. The van der Waals surface area contributed by atoms with Gasteiger partial charge in [-0.3, -0.25) is 4.99 Å². The van der Waals surface area contributed by atoms with E-state index in [2.05, 4.69) is 38.5 Å². The molecule has 0 radical (unpaired) electrons. The fourth-order valence-electron chi connectivity index (χ4n) is 2.20. The van der Waals surface area contributed by atoms with Gasteiger partial charge in [0, 0.05) is 19.6 Å². The number of rotatable bonds is 3. The molecule has 6 heteroatoms. The third-order valence-electron chi connectivity index (χ3n) is 3.60. The molecule has 1 saturated carbocycles. The number of nitrogens with one attached hydrogen (secondary N) is 2. The van der Waals surface area contributed by atoms with E-state index in [1.54, 1.807) is 7.05 Å². The standard InChI is InChI=1S/C14H18BrN3O2/c1-8-3-11(8)18-14(16-2)17-6-9-4-10(15)13-12(5-9)19-7-20-13/h4-5,8,11H,3,6-7H2,1-2H3,(H2,16,17,18). The number of fused-ring (bicyclic) bond motifs is 1. The Hall–Kier alpha value is -1.43. The Morgan fingerprint density at radius 1 is 1.45 bits per heavy atom. The maximum Gasteiger partial charge on any atom is 0.231 e. The van der Waals surface area contributed by atoms with Crippen molar-refractivity contribution in [3.8, 4) is 11.5 Å². The number of hydrogen-bond acceptors (Lipinski definition) is 3. The lowest BCUT2D eigenvalue weighted by Crippen LogP contribution is -2.38. The molecule has 0 bridgehead atoms. The molecular formula is C14H18BrN3O2. The lowest BCUT2D eigenvalue weighted by molar-refractivity contribution is 0.173. The topological polar surface area (TPSA) is 54.9 Å². The van der Waals surface area contributed by atoms with Gasteiger partial charge in [0.25, 0.3) is 0 Å². The Balaban J connectivity index is 1.61. The molecule has 2 unspecified atom stereocenters. The first-order valence-electron chi connectivity index (χ1n) is 6.72. The Bertz CT molecular complexity index is 547. The van der Waals surface area contributed by atoms with Crippen LogP contribution >= 0.6 is 15.9 Å². The van der Waals surface area contributed by atoms with Crippen LogP contribution in [0.4, 0.5) is 0 Å². The molecule has 20 heavy (non-hydrogen) atoms. The predicted molar refractivity (Wildman–Crippen MR) is 81.2 cm³/mol. The van der Waals surface area contributed by atoms with Crippen LogP contribution in [-0.2, 0) is 6.54 Å². The van der Waals surface area contributed by atoms with Gasteiger partial charge in [0.2, 0.25) is 6.79 Å². The zero-order chi connectivity index (χ0) is 14.1. The van der Waals surface area contributed by atoms with Crippen LogP contribution in [0.3, 0.4) is 0 Å². The average Bonchev–Trinajstić information content (AvgIpc) is 2.91. The third kappa shape index (κ3) is 2.85. The van der Waals surface area contributed by atoms with E-state index in [-0.39, 0.29) is 6.79 Å². The van der Waals surface area contributed by atoms with Crippen LogP contribution in [0.1, 0.15) is 18.9 Å². The monoisotopic (exact) mass is 339 g/mol. The molecule has 108 valence electrons. The van der Waals surface area contributed by atoms with Gasteiger partial charge in [0.1, 0.15) is 0 Å². The van der Waals surface area contributed by atoms with Gasteiger partial charge in [-0.25, -0.2) is 0 Å². The zero-order valence-corrected chi connectivity index (χ0v) is 13.2. The SMILES string of the molecule is CN=C(NCc1cc(Br)c2c(c1)OCO2)NC1CC1C. The molecule has 0 amide bonds. The van der Waals surface area contributed by atoms with Crippen molar-refractivity contribution in [3.63, 3.8) is 0 Å². The third-order valence-corrected chi connectivity index (χ3v) is 4.19. The van der Waals surface area contributed by atoms with Gasteiger partial charge in [-0.2, -0.15) is 0 Å².